The average molecular weight is 166 g/mol. The molecule has 0 aliphatic rings. The van der Waals surface area contributed by atoms with Gasteiger partial charge in [-0.15, -0.1) is 0 Å². The molecule has 0 fully saturated rings. The Hall–Kier alpha value is -1.25. The lowest BCUT2D eigenvalue weighted by Gasteiger charge is -2.23. The molecule has 2 N–H and O–H groups in total. The summed E-state index contributed by atoms with van der Waals surface area (Å²) in [6.07, 6.45) is 1.86. The summed E-state index contributed by atoms with van der Waals surface area (Å²) < 4.78 is 1.87. The number of nitrogens with two attached hydrogens (primary N) is 1. The second-order valence-corrected chi connectivity index (χ2v) is 3.80. The van der Waals surface area contributed by atoms with Crippen LogP contribution < -0.4 is 5.73 Å². The summed E-state index contributed by atoms with van der Waals surface area (Å²) >= 11 is 0. The van der Waals surface area contributed by atoms with Crippen LogP contribution in [0.3, 0.4) is 0 Å². The molecule has 0 unspecified atom stereocenters. The van der Waals surface area contributed by atoms with Gasteiger partial charge in [0.05, 0.1) is 0 Å². The molecule has 0 saturated carbocycles. The SMILES string of the molecule is CC(C)(C)n1cccc1C(N)=O. The van der Waals surface area contributed by atoms with Crippen LogP contribution in [0.2, 0.25) is 0 Å². The van der Waals surface area contributed by atoms with E-state index in [2.05, 4.69) is 0 Å². The van der Waals surface area contributed by atoms with Gasteiger partial charge in [0.2, 0.25) is 0 Å². The predicted octanol–water partition coefficient (Wildman–Crippen LogP) is 1.34. The Kier molecular flexibility index (Phi) is 1.96. The number of aromatic nitrogens is 1. The molecule has 1 aromatic rings. The van der Waals surface area contributed by atoms with Crippen molar-refractivity contribution in [3.8, 4) is 0 Å². The molecular formula is C9H14N2O. The van der Waals surface area contributed by atoms with Crippen LogP contribution in [-0.2, 0) is 5.54 Å². The maximum Gasteiger partial charge on any atom is 0.265 e. The molecule has 0 radical (unpaired) electrons. The van der Waals surface area contributed by atoms with Crippen LogP contribution in [-0.4, -0.2) is 10.5 Å². The highest BCUT2D eigenvalue weighted by Crippen LogP contribution is 2.16. The lowest BCUT2D eigenvalue weighted by Crippen LogP contribution is -2.27. The van der Waals surface area contributed by atoms with Gasteiger partial charge in [-0.1, -0.05) is 0 Å². The van der Waals surface area contributed by atoms with E-state index >= 15 is 0 Å². The number of hydrogen-bond acceptors (Lipinski definition) is 1. The molecule has 0 saturated heterocycles. The topological polar surface area (TPSA) is 48.0 Å². The minimum Gasteiger partial charge on any atom is -0.364 e. The Bertz CT molecular complexity index is 294. The normalized spacial score (nSPS) is 11.6. The zero-order valence-electron chi connectivity index (χ0n) is 7.66. The first-order valence-electron chi connectivity index (χ1n) is 3.90. The molecule has 0 aliphatic carbocycles. The summed E-state index contributed by atoms with van der Waals surface area (Å²) in [7, 11) is 0. The molecule has 0 spiro atoms. The fraction of sp³-hybridized carbons (Fsp3) is 0.444. The third kappa shape index (κ3) is 1.49. The quantitative estimate of drug-likeness (QED) is 0.672. The number of rotatable bonds is 1. The Labute approximate surface area is 72.2 Å². The van der Waals surface area contributed by atoms with Crippen LogP contribution in [0.4, 0.5) is 0 Å². The molecule has 0 aliphatic heterocycles. The molecule has 0 bridgehead atoms. The molecule has 3 heteroatoms. The summed E-state index contributed by atoms with van der Waals surface area (Å²) in [6, 6.07) is 3.55. The zero-order valence-corrected chi connectivity index (χ0v) is 7.66. The summed E-state index contributed by atoms with van der Waals surface area (Å²) in [5, 5.41) is 0. The summed E-state index contributed by atoms with van der Waals surface area (Å²) in [5.74, 6) is -0.380. The molecule has 0 atom stereocenters. The number of hydrogen-bond donors (Lipinski definition) is 1. The van der Waals surface area contributed by atoms with Gasteiger partial charge in [-0.3, -0.25) is 4.79 Å². The van der Waals surface area contributed by atoms with Crippen molar-refractivity contribution < 1.29 is 4.79 Å². The maximum absolute atomic E-state index is 10.9. The highest BCUT2D eigenvalue weighted by Gasteiger charge is 2.17. The number of primary amides is 1. The van der Waals surface area contributed by atoms with Gasteiger partial charge in [-0.25, -0.2) is 0 Å². The molecule has 12 heavy (non-hydrogen) atoms. The molecule has 0 aromatic carbocycles. The molecule has 66 valence electrons. The lowest BCUT2D eigenvalue weighted by atomic mass is 10.1. The van der Waals surface area contributed by atoms with Crippen molar-refractivity contribution in [2.45, 2.75) is 26.3 Å². The van der Waals surface area contributed by atoms with Crippen molar-refractivity contribution in [2.75, 3.05) is 0 Å². The van der Waals surface area contributed by atoms with Gasteiger partial charge in [-0.05, 0) is 32.9 Å². The Morgan fingerprint density at radius 1 is 1.50 bits per heavy atom. The fourth-order valence-corrected chi connectivity index (χ4v) is 1.17. The fourth-order valence-electron chi connectivity index (χ4n) is 1.17. The van der Waals surface area contributed by atoms with E-state index in [0.717, 1.165) is 0 Å². The highest BCUT2D eigenvalue weighted by atomic mass is 16.1. The van der Waals surface area contributed by atoms with Crippen LogP contribution >= 0.6 is 0 Å². The molecule has 1 heterocycles. The van der Waals surface area contributed by atoms with E-state index in [1.54, 1.807) is 6.07 Å². The van der Waals surface area contributed by atoms with E-state index in [0.29, 0.717) is 5.69 Å². The summed E-state index contributed by atoms with van der Waals surface area (Å²) in [6.45, 7) is 6.08. The van der Waals surface area contributed by atoms with Gasteiger partial charge >= 0.3 is 0 Å². The second kappa shape index (κ2) is 2.66. The van der Waals surface area contributed by atoms with Crippen LogP contribution in [0.1, 0.15) is 31.3 Å². The van der Waals surface area contributed by atoms with Gasteiger partial charge in [0.15, 0.2) is 0 Å². The minimum atomic E-state index is -0.380. The molecular weight excluding hydrogens is 152 g/mol. The third-order valence-electron chi connectivity index (χ3n) is 1.72. The first kappa shape index (κ1) is 8.84. The molecule has 1 amide bonds. The number of nitrogens with zero attached hydrogens (tertiary/aromatic N) is 1. The first-order chi connectivity index (χ1) is 5.43. The summed E-state index contributed by atoms with van der Waals surface area (Å²) in [4.78, 5) is 10.9. The van der Waals surface area contributed by atoms with Crippen molar-refractivity contribution in [1.29, 1.82) is 0 Å². The third-order valence-corrected chi connectivity index (χ3v) is 1.72. The van der Waals surface area contributed by atoms with Gasteiger partial charge in [0, 0.05) is 11.7 Å². The van der Waals surface area contributed by atoms with Crippen molar-refractivity contribution in [2.24, 2.45) is 5.73 Å². The number of amides is 1. The van der Waals surface area contributed by atoms with E-state index in [-0.39, 0.29) is 11.4 Å². The van der Waals surface area contributed by atoms with Crippen molar-refractivity contribution in [1.82, 2.24) is 4.57 Å². The van der Waals surface area contributed by atoms with E-state index in [1.807, 2.05) is 37.6 Å². The summed E-state index contributed by atoms with van der Waals surface area (Å²) in [5.41, 5.74) is 5.66. The lowest BCUT2D eigenvalue weighted by molar-refractivity contribution is 0.0985. The van der Waals surface area contributed by atoms with E-state index in [9.17, 15) is 4.79 Å². The minimum absolute atomic E-state index is 0.0894. The predicted molar refractivity (Wildman–Crippen MR) is 47.9 cm³/mol. The standard InChI is InChI=1S/C9H14N2O/c1-9(2,3)11-6-4-5-7(11)8(10)12/h4-6H,1-3H3,(H2,10,12). The smallest absolute Gasteiger partial charge is 0.265 e. The zero-order chi connectivity index (χ0) is 9.35. The largest absolute Gasteiger partial charge is 0.364 e. The van der Waals surface area contributed by atoms with Crippen LogP contribution in [0.25, 0.3) is 0 Å². The van der Waals surface area contributed by atoms with Crippen LogP contribution in [0, 0.1) is 0 Å². The first-order valence-corrected chi connectivity index (χ1v) is 3.90. The van der Waals surface area contributed by atoms with Gasteiger partial charge in [0.1, 0.15) is 5.69 Å². The van der Waals surface area contributed by atoms with Crippen LogP contribution in [0.15, 0.2) is 18.3 Å². The van der Waals surface area contributed by atoms with E-state index < -0.39 is 0 Å². The highest BCUT2D eigenvalue weighted by molar-refractivity contribution is 5.91. The average Bonchev–Trinajstić information content (AvgIpc) is 2.30. The second-order valence-electron chi connectivity index (χ2n) is 3.80. The maximum atomic E-state index is 10.9. The van der Waals surface area contributed by atoms with Gasteiger partial charge in [0.25, 0.3) is 5.91 Å². The van der Waals surface area contributed by atoms with E-state index in [1.165, 1.54) is 0 Å². The van der Waals surface area contributed by atoms with Crippen LogP contribution in [0.5, 0.6) is 0 Å². The number of carbonyl (C=O) groups excluding carboxylic acids is 1. The van der Waals surface area contributed by atoms with Gasteiger partial charge in [-0.2, -0.15) is 0 Å². The van der Waals surface area contributed by atoms with E-state index in [4.69, 9.17) is 5.73 Å². The van der Waals surface area contributed by atoms with Crippen molar-refractivity contribution in [3.63, 3.8) is 0 Å². The Balaban J connectivity index is 3.17. The molecule has 1 aromatic heterocycles. The Morgan fingerprint density at radius 3 is 2.42 bits per heavy atom. The Morgan fingerprint density at radius 2 is 2.08 bits per heavy atom. The monoisotopic (exact) mass is 166 g/mol. The van der Waals surface area contributed by atoms with Crippen molar-refractivity contribution >= 4 is 5.91 Å². The molecule has 1 rings (SSSR count). The number of carbonyl (C=O) groups is 1. The van der Waals surface area contributed by atoms with Crippen molar-refractivity contribution in [3.05, 3.63) is 24.0 Å². The molecule has 3 nitrogen and oxygen atoms in total. The van der Waals surface area contributed by atoms with Gasteiger partial charge < -0.3 is 10.3 Å².